The topological polar surface area (TPSA) is 65.1 Å². The van der Waals surface area contributed by atoms with Crippen LogP contribution in [-0.2, 0) is 19.9 Å². The average Bonchev–Trinajstić information content (AvgIpc) is 3.04. The van der Waals surface area contributed by atoms with Gasteiger partial charge >= 0.3 is 12.1 Å². The van der Waals surface area contributed by atoms with Gasteiger partial charge in [0.25, 0.3) is 0 Å². The van der Waals surface area contributed by atoms with Crippen LogP contribution in [0.3, 0.4) is 0 Å². The van der Waals surface area contributed by atoms with Crippen molar-refractivity contribution in [1.82, 2.24) is 5.06 Å². The third-order valence-corrected chi connectivity index (χ3v) is 5.27. The second kappa shape index (κ2) is 8.77. The number of rotatable bonds is 3. The number of aryl methyl sites for hydroxylation is 1. The van der Waals surface area contributed by atoms with E-state index in [1.165, 1.54) is 7.11 Å². The number of esters is 1. The summed E-state index contributed by atoms with van der Waals surface area (Å²) in [6.45, 7) is 9.03. The predicted molar refractivity (Wildman–Crippen MR) is 123 cm³/mol. The number of halogens is 2. The second-order valence-corrected chi connectivity index (χ2v) is 9.55. The first-order valence-electron chi connectivity index (χ1n) is 9.94. The van der Waals surface area contributed by atoms with Gasteiger partial charge in [-0.05, 0) is 82.2 Å². The first-order chi connectivity index (χ1) is 14.8. The molecule has 6 nitrogen and oxygen atoms in total. The standard InChI is InChI=1S/C24H25Cl2NO5/c1-14-9-15(7-8-19(14)21(28)31-23(2,3)4)20-13-24(5,32-27(20)22(29)30-6)16-10-17(25)12-18(26)11-16/h7-13H,1-6H3. The minimum atomic E-state index is -1.03. The Labute approximate surface area is 197 Å². The molecule has 0 fully saturated rings. The van der Waals surface area contributed by atoms with Crippen molar-refractivity contribution in [3.8, 4) is 0 Å². The van der Waals surface area contributed by atoms with Crippen LogP contribution in [0.15, 0.2) is 42.5 Å². The van der Waals surface area contributed by atoms with Gasteiger partial charge in [-0.25, -0.2) is 14.4 Å². The Balaban J connectivity index is 2.04. The van der Waals surface area contributed by atoms with Gasteiger partial charge in [-0.2, -0.15) is 5.06 Å². The summed E-state index contributed by atoms with van der Waals surface area (Å²) in [5, 5.41) is 1.97. The van der Waals surface area contributed by atoms with Gasteiger partial charge in [-0.3, -0.25) is 0 Å². The van der Waals surface area contributed by atoms with Crippen molar-refractivity contribution in [3.05, 3.63) is 74.8 Å². The zero-order chi connectivity index (χ0) is 23.8. The lowest BCUT2D eigenvalue weighted by Gasteiger charge is -2.25. The van der Waals surface area contributed by atoms with Crippen LogP contribution in [0.4, 0.5) is 4.79 Å². The Kier molecular flexibility index (Phi) is 6.61. The number of hydrogen-bond donors (Lipinski definition) is 0. The molecule has 1 unspecified atom stereocenters. The Hall–Kier alpha value is -2.54. The summed E-state index contributed by atoms with van der Waals surface area (Å²) in [7, 11) is 1.27. The van der Waals surface area contributed by atoms with E-state index in [0.717, 1.165) is 5.06 Å². The molecule has 0 radical (unpaired) electrons. The molecule has 0 N–H and O–H groups in total. The van der Waals surface area contributed by atoms with Crippen LogP contribution in [0.2, 0.25) is 10.0 Å². The fourth-order valence-corrected chi connectivity index (χ4v) is 3.89. The number of hydroxylamine groups is 2. The number of benzene rings is 2. The van der Waals surface area contributed by atoms with Gasteiger partial charge < -0.3 is 9.47 Å². The lowest BCUT2D eigenvalue weighted by Crippen LogP contribution is -2.31. The third-order valence-electron chi connectivity index (χ3n) is 4.83. The highest BCUT2D eigenvalue weighted by atomic mass is 35.5. The molecule has 1 amide bonds. The molecule has 1 aliphatic heterocycles. The first kappa shape index (κ1) is 24.1. The predicted octanol–water partition coefficient (Wildman–Crippen LogP) is 6.53. The summed E-state index contributed by atoms with van der Waals surface area (Å²) < 4.78 is 10.4. The van der Waals surface area contributed by atoms with E-state index < -0.39 is 23.3 Å². The Bertz CT molecular complexity index is 1090. The van der Waals surface area contributed by atoms with Crippen LogP contribution < -0.4 is 0 Å². The van der Waals surface area contributed by atoms with Crippen molar-refractivity contribution in [3.63, 3.8) is 0 Å². The van der Waals surface area contributed by atoms with Crippen molar-refractivity contribution >= 4 is 41.0 Å². The summed E-state index contributed by atoms with van der Waals surface area (Å²) in [6, 6.07) is 10.3. The molecule has 0 aromatic heterocycles. The highest BCUT2D eigenvalue weighted by Crippen LogP contribution is 2.42. The van der Waals surface area contributed by atoms with E-state index in [-0.39, 0.29) is 0 Å². The Morgan fingerprint density at radius 1 is 1.06 bits per heavy atom. The first-order valence-corrected chi connectivity index (χ1v) is 10.7. The Morgan fingerprint density at radius 3 is 2.22 bits per heavy atom. The molecule has 32 heavy (non-hydrogen) atoms. The Morgan fingerprint density at radius 2 is 1.69 bits per heavy atom. The highest BCUT2D eigenvalue weighted by molar-refractivity contribution is 6.34. The fourth-order valence-electron chi connectivity index (χ4n) is 3.37. The molecule has 0 bridgehead atoms. The molecular formula is C24H25Cl2NO5. The molecule has 8 heteroatoms. The van der Waals surface area contributed by atoms with Crippen molar-refractivity contribution < 1.29 is 23.9 Å². The van der Waals surface area contributed by atoms with E-state index in [1.54, 1.807) is 56.3 Å². The van der Waals surface area contributed by atoms with E-state index >= 15 is 0 Å². The van der Waals surface area contributed by atoms with Crippen LogP contribution in [0.25, 0.3) is 5.70 Å². The number of nitrogens with zero attached hydrogens (tertiary/aromatic N) is 1. The molecule has 3 rings (SSSR count). The number of ether oxygens (including phenoxy) is 2. The van der Waals surface area contributed by atoms with E-state index in [0.29, 0.717) is 38.0 Å². The normalized spacial score (nSPS) is 18.4. The van der Waals surface area contributed by atoms with Gasteiger partial charge in [0, 0.05) is 15.6 Å². The number of methoxy groups -OCH3 is 1. The second-order valence-electron chi connectivity index (χ2n) is 8.68. The van der Waals surface area contributed by atoms with Crippen molar-refractivity contribution in [2.75, 3.05) is 7.11 Å². The van der Waals surface area contributed by atoms with Gasteiger partial charge in [-0.15, -0.1) is 0 Å². The fraction of sp³-hybridized carbons (Fsp3) is 0.333. The maximum absolute atomic E-state index is 12.5. The SMILES string of the molecule is COC(=O)N1OC(C)(c2cc(Cl)cc(Cl)c2)C=C1c1ccc(C(=O)OC(C)(C)C)c(C)c1. The van der Waals surface area contributed by atoms with Gasteiger partial charge in [0.2, 0.25) is 0 Å². The van der Waals surface area contributed by atoms with Crippen LogP contribution in [0.5, 0.6) is 0 Å². The van der Waals surface area contributed by atoms with Gasteiger partial charge in [-0.1, -0.05) is 29.3 Å². The van der Waals surface area contributed by atoms with Crippen LogP contribution in [0.1, 0.15) is 54.7 Å². The number of hydrogen-bond acceptors (Lipinski definition) is 5. The summed E-state index contributed by atoms with van der Waals surface area (Å²) >= 11 is 12.3. The summed E-state index contributed by atoms with van der Waals surface area (Å²) in [4.78, 5) is 31.0. The average molecular weight is 478 g/mol. The van der Waals surface area contributed by atoms with E-state index in [9.17, 15) is 9.59 Å². The largest absolute Gasteiger partial charge is 0.456 e. The molecule has 1 atom stereocenters. The maximum atomic E-state index is 12.5. The quantitative estimate of drug-likeness (QED) is 0.470. The lowest BCUT2D eigenvalue weighted by atomic mass is 9.94. The highest BCUT2D eigenvalue weighted by Gasteiger charge is 2.41. The molecular weight excluding hydrogens is 453 g/mol. The molecule has 170 valence electrons. The van der Waals surface area contributed by atoms with Crippen molar-refractivity contribution in [2.45, 2.75) is 45.8 Å². The smallest absolute Gasteiger partial charge is 0.438 e. The van der Waals surface area contributed by atoms with Crippen LogP contribution in [0, 0.1) is 6.92 Å². The minimum absolute atomic E-state index is 0.415. The van der Waals surface area contributed by atoms with Crippen LogP contribution in [-0.4, -0.2) is 29.8 Å². The van der Waals surface area contributed by atoms with Crippen LogP contribution >= 0.6 is 23.2 Å². The van der Waals surface area contributed by atoms with Gasteiger partial charge in [0.1, 0.15) is 11.2 Å². The van der Waals surface area contributed by atoms with Gasteiger partial charge in [0.05, 0.1) is 18.4 Å². The summed E-state index contributed by atoms with van der Waals surface area (Å²) in [6.07, 6.45) is 1.09. The number of amides is 1. The third kappa shape index (κ3) is 5.09. The van der Waals surface area contributed by atoms with E-state index in [4.69, 9.17) is 37.5 Å². The van der Waals surface area contributed by atoms with Crippen molar-refractivity contribution in [2.24, 2.45) is 0 Å². The number of carbonyl (C=O) groups excluding carboxylic acids is 2. The molecule has 1 aliphatic rings. The monoisotopic (exact) mass is 477 g/mol. The molecule has 1 heterocycles. The van der Waals surface area contributed by atoms with E-state index in [1.807, 2.05) is 20.8 Å². The number of carbonyl (C=O) groups is 2. The minimum Gasteiger partial charge on any atom is -0.456 e. The summed E-state index contributed by atoms with van der Waals surface area (Å²) in [5.74, 6) is -0.415. The zero-order valence-corrected chi connectivity index (χ0v) is 20.3. The maximum Gasteiger partial charge on any atom is 0.438 e. The zero-order valence-electron chi connectivity index (χ0n) is 18.8. The molecule has 0 saturated carbocycles. The molecule has 2 aromatic rings. The van der Waals surface area contributed by atoms with E-state index in [2.05, 4.69) is 0 Å². The lowest BCUT2D eigenvalue weighted by molar-refractivity contribution is -0.150. The van der Waals surface area contributed by atoms with Gasteiger partial charge in [0.15, 0.2) is 0 Å². The molecule has 0 saturated heterocycles. The van der Waals surface area contributed by atoms with Crippen molar-refractivity contribution in [1.29, 1.82) is 0 Å². The molecule has 0 spiro atoms. The molecule has 2 aromatic carbocycles. The molecule has 0 aliphatic carbocycles. The summed E-state index contributed by atoms with van der Waals surface area (Å²) in [5.41, 5.74) is 1.30.